The topological polar surface area (TPSA) is 203 Å². The van der Waals surface area contributed by atoms with Crippen molar-refractivity contribution in [2.75, 3.05) is 45.5 Å². The van der Waals surface area contributed by atoms with Crippen LogP contribution in [0.25, 0.3) is 0 Å². The number of β-lactam (4-membered cyclic amide) rings is 1. The van der Waals surface area contributed by atoms with Gasteiger partial charge >= 0.3 is 5.97 Å². The number of carbonyl (C=O) groups excluding carboxylic acids is 3. The number of aromatic nitrogens is 2. The number of carbonyl (C=O) groups is 4. The highest BCUT2D eigenvalue weighted by Gasteiger charge is 2.54. The molecule has 3 amide bonds. The van der Waals surface area contributed by atoms with Crippen molar-refractivity contribution >= 4 is 57.8 Å². The number of alkyl halides is 1. The maximum atomic E-state index is 12.9. The van der Waals surface area contributed by atoms with Crippen LogP contribution >= 0.6 is 23.3 Å². The van der Waals surface area contributed by atoms with Crippen molar-refractivity contribution in [2.45, 2.75) is 11.4 Å². The number of carboxylic acid groups (broad SMARTS) is 1. The van der Waals surface area contributed by atoms with E-state index >= 15 is 0 Å². The number of halogens is 1. The third-order valence-electron chi connectivity index (χ3n) is 5.06. The van der Waals surface area contributed by atoms with E-state index in [2.05, 4.69) is 24.7 Å². The van der Waals surface area contributed by atoms with Crippen LogP contribution in [0.5, 0.6) is 0 Å². The Labute approximate surface area is 212 Å². The number of carboxylic acids is 1. The molecule has 0 spiro atoms. The summed E-state index contributed by atoms with van der Waals surface area (Å²) in [5, 5.41) is 15.0. The number of thioether (sulfide) groups is 1. The maximum Gasteiger partial charge on any atom is 0.352 e. The molecule has 1 aromatic heterocycles. The van der Waals surface area contributed by atoms with Crippen LogP contribution in [0.2, 0.25) is 0 Å². The van der Waals surface area contributed by atoms with Crippen molar-refractivity contribution < 1.29 is 38.0 Å². The lowest BCUT2D eigenvalue weighted by molar-refractivity contribution is -0.876. The van der Waals surface area contributed by atoms with E-state index in [0.29, 0.717) is 12.1 Å². The second-order valence-corrected chi connectivity index (χ2v) is 10.2. The van der Waals surface area contributed by atoms with E-state index in [4.69, 9.17) is 11.5 Å². The number of rotatable bonds is 11. The summed E-state index contributed by atoms with van der Waals surface area (Å²) >= 11 is 2.03. The normalized spacial score (nSPS) is 20.2. The van der Waals surface area contributed by atoms with Crippen molar-refractivity contribution in [1.82, 2.24) is 19.6 Å². The number of aliphatic carboxylic acids is 1. The summed E-state index contributed by atoms with van der Waals surface area (Å²) in [5.74, 6) is -3.29. The summed E-state index contributed by atoms with van der Waals surface area (Å²) in [5.41, 5.74) is 10.5. The van der Waals surface area contributed by atoms with Gasteiger partial charge in [-0.3, -0.25) is 19.3 Å². The fourth-order valence-corrected chi connectivity index (χ4v) is 5.30. The van der Waals surface area contributed by atoms with Crippen molar-refractivity contribution in [3.8, 4) is 0 Å². The first-order valence-corrected chi connectivity index (χ1v) is 12.1. The van der Waals surface area contributed by atoms with Crippen molar-refractivity contribution in [2.24, 2.45) is 10.9 Å². The van der Waals surface area contributed by atoms with Gasteiger partial charge in [-0.25, -0.2) is 9.18 Å². The molecular weight excluding hydrogens is 519 g/mol. The van der Waals surface area contributed by atoms with Gasteiger partial charge in [0, 0.05) is 17.3 Å². The lowest BCUT2D eigenvalue weighted by Gasteiger charge is -2.49. The van der Waals surface area contributed by atoms with E-state index < -0.39 is 47.7 Å². The van der Waals surface area contributed by atoms with Gasteiger partial charge in [0.2, 0.25) is 11.5 Å². The molecule has 14 nitrogen and oxygen atoms in total. The maximum absolute atomic E-state index is 12.9. The van der Waals surface area contributed by atoms with Gasteiger partial charge in [-0.05, 0) is 11.6 Å². The van der Waals surface area contributed by atoms with Crippen LogP contribution in [0.1, 0.15) is 5.82 Å². The largest absolute Gasteiger partial charge is 0.477 e. The number of hydrogen-bond donors (Lipinski definition) is 4. The van der Waals surface area contributed by atoms with Crippen LogP contribution in [0.4, 0.5) is 9.52 Å². The first-order valence-electron chi connectivity index (χ1n) is 10.3. The zero-order chi connectivity index (χ0) is 26.6. The van der Waals surface area contributed by atoms with Gasteiger partial charge in [0.15, 0.2) is 11.7 Å². The van der Waals surface area contributed by atoms with Gasteiger partial charge in [-0.1, -0.05) is 11.2 Å². The molecule has 1 saturated heterocycles. The summed E-state index contributed by atoms with van der Waals surface area (Å²) in [6, 6.07) is -1.07. The molecule has 2 aliphatic rings. The Kier molecular flexibility index (Phi) is 8.26. The molecule has 3 heterocycles. The Morgan fingerprint density at radius 1 is 1.42 bits per heavy atom. The average Bonchev–Trinajstić information content (AvgIpc) is 3.21. The van der Waals surface area contributed by atoms with Crippen LogP contribution in [0.3, 0.4) is 0 Å². The third-order valence-corrected chi connectivity index (χ3v) is 6.91. The molecular formula is C19H24FN8O6S2+. The Bertz CT molecular complexity index is 1170. The van der Waals surface area contributed by atoms with Crippen LogP contribution in [-0.2, 0) is 24.0 Å². The SMILES string of the molecule is C[N+](C)(C/C=C/C1=C(C(=O)O)N2C(=O)[C@@H](NC(=O)/C(=N\OCF)c3nsc(N)n3)[C@@H]2SC1)CC(N)=O. The minimum atomic E-state index is -1.31. The number of nitrogens with zero attached hydrogens (tertiary/aromatic N) is 5. The van der Waals surface area contributed by atoms with E-state index in [9.17, 15) is 28.7 Å². The minimum Gasteiger partial charge on any atom is -0.477 e. The Morgan fingerprint density at radius 2 is 2.14 bits per heavy atom. The number of nitrogen functional groups attached to an aromatic ring is 1. The number of allylic oxidation sites excluding steroid dienone is 1. The predicted octanol–water partition coefficient (Wildman–Crippen LogP) is -1.38. The van der Waals surface area contributed by atoms with Gasteiger partial charge in [0.05, 0.1) is 20.6 Å². The molecule has 2 aliphatic heterocycles. The number of nitrogens with one attached hydrogen (secondary N) is 1. The number of amides is 3. The van der Waals surface area contributed by atoms with Crippen molar-refractivity contribution in [3.63, 3.8) is 0 Å². The molecule has 0 aliphatic carbocycles. The zero-order valence-corrected chi connectivity index (χ0v) is 20.8. The van der Waals surface area contributed by atoms with Crippen LogP contribution in [-0.4, -0.2) is 104 Å². The van der Waals surface area contributed by atoms with Gasteiger partial charge in [-0.2, -0.15) is 9.36 Å². The number of hydrogen-bond acceptors (Lipinski definition) is 11. The van der Waals surface area contributed by atoms with Gasteiger partial charge in [-0.15, -0.1) is 11.8 Å². The van der Waals surface area contributed by atoms with Crippen molar-refractivity contribution in [3.05, 3.63) is 29.2 Å². The lowest BCUT2D eigenvalue weighted by atomic mass is 10.0. The zero-order valence-electron chi connectivity index (χ0n) is 19.2. The molecule has 1 fully saturated rings. The second kappa shape index (κ2) is 11.0. The molecule has 17 heteroatoms. The first-order chi connectivity index (χ1) is 16.9. The minimum absolute atomic E-state index is 0.0353. The molecule has 6 N–H and O–H groups in total. The summed E-state index contributed by atoms with van der Waals surface area (Å²) < 4.78 is 16.6. The van der Waals surface area contributed by atoms with Gasteiger partial charge < -0.3 is 31.2 Å². The average molecular weight is 544 g/mol. The second-order valence-electron chi connectivity index (χ2n) is 8.32. The van der Waals surface area contributed by atoms with Crippen LogP contribution < -0.4 is 16.8 Å². The third kappa shape index (κ3) is 5.97. The highest BCUT2D eigenvalue weighted by Crippen LogP contribution is 2.40. The predicted molar refractivity (Wildman–Crippen MR) is 128 cm³/mol. The number of anilines is 1. The number of oxime groups is 1. The highest BCUT2D eigenvalue weighted by molar-refractivity contribution is 8.00. The Hall–Kier alpha value is -3.57. The first kappa shape index (κ1) is 27.0. The van der Waals surface area contributed by atoms with Crippen LogP contribution in [0, 0.1) is 0 Å². The van der Waals surface area contributed by atoms with E-state index in [1.807, 2.05) is 0 Å². The quantitative estimate of drug-likeness (QED) is 0.111. The van der Waals surface area contributed by atoms with Gasteiger partial charge in [0.1, 0.15) is 17.1 Å². The molecule has 0 bridgehead atoms. The fourth-order valence-electron chi connectivity index (χ4n) is 3.55. The van der Waals surface area contributed by atoms with Crippen molar-refractivity contribution in [1.29, 1.82) is 0 Å². The number of primary amides is 1. The molecule has 0 unspecified atom stereocenters. The monoisotopic (exact) mass is 543 g/mol. The number of nitrogens with two attached hydrogens (primary N) is 2. The molecule has 1 aromatic rings. The summed E-state index contributed by atoms with van der Waals surface area (Å²) in [4.78, 5) is 58.1. The summed E-state index contributed by atoms with van der Waals surface area (Å²) in [7, 11) is 3.59. The fraction of sp³-hybridized carbons (Fsp3) is 0.421. The van der Waals surface area contributed by atoms with Gasteiger partial charge in [0.25, 0.3) is 24.6 Å². The molecule has 0 aromatic carbocycles. The standard InChI is InChI=1S/C19H23FN8O6S2/c1-28(2,6-10(21)29)5-3-4-9-7-35-17-12(16(31)27(17)13(9)18(32)33)23-15(30)11(25-34-8-20)14-24-19(22)36-26-14/h3-4,12,17H,5-8H2,1-2H3,(H5-,21,22,23,24,26,29,30,32,33)/p+1/b4-3+,25-11-/t12-,17+/m1/s1. The molecule has 2 atom stereocenters. The Morgan fingerprint density at radius 3 is 2.72 bits per heavy atom. The molecule has 0 saturated carbocycles. The molecule has 3 rings (SSSR count). The Balaban J connectivity index is 1.76. The van der Waals surface area contributed by atoms with E-state index in [1.165, 1.54) is 11.8 Å². The van der Waals surface area contributed by atoms with E-state index in [0.717, 1.165) is 16.4 Å². The van der Waals surface area contributed by atoms with E-state index in [1.54, 1.807) is 26.2 Å². The number of quaternary nitrogens is 1. The molecule has 194 valence electrons. The van der Waals surface area contributed by atoms with E-state index in [-0.39, 0.29) is 33.4 Å². The summed E-state index contributed by atoms with van der Waals surface area (Å²) in [6.45, 7) is -0.812. The highest BCUT2D eigenvalue weighted by atomic mass is 32.2. The molecule has 36 heavy (non-hydrogen) atoms. The van der Waals surface area contributed by atoms with Crippen LogP contribution in [0.15, 0.2) is 28.6 Å². The smallest absolute Gasteiger partial charge is 0.352 e. The number of likely N-dealkylation sites (N-methyl/N-ethyl adjacent to an activating group) is 1. The molecule has 0 radical (unpaired) electrons. The number of fused-ring (bicyclic) bond motifs is 1. The lowest BCUT2D eigenvalue weighted by Crippen LogP contribution is -2.71. The summed E-state index contributed by atoms with van der Waals surface area (Å²) in [6.07, 6.45) is 3.32.